The molecule has 2 N–H and O–H groups in total. The highest BCUT2D eigenvalue weighted by molar-refractivity contribution is 5.91. The number of aliphatic hydroxyl groups is 1. The number of anilines is 1. The summed E-state index contributed by atoms with van der Waals surface area (Å²) in [7, 11) is 1.63. The molecule has 7 nitrogen and oxygen atoms in total. The van der Waals surface area contributed by atoms with Gasteiger partial charge in [-0.1, -0.05) is 12.8 Å². The van der Waals surface area contributed by atoms with E-state index in [1.54, 1.807) is 31.3 Å². The molecule has 1 heterocycles. The van der Waals surface area contributed by atoms with Gasteiger partial charge in [0.25, 0.3) is 0 Å². The van der Waals surface area contributed by atoms with E-state index in [1.807, 2.05) is 0 Å². The lowest BCUT2D eigenvalue weighted by Crippen LogP contribution is -2.30. The summed E-state index contributed by atoms with van der Waals surface area (Å²) in [6.45, 7) is 0. The van der Waals surface area contributed by atoms with Crippen LogP contribution in [-0.2, 0) is 11.8 Å². The number of rotatable bonds is 4. The van der Waals surface area contributed by atoms with Gasteiger partial charge in [-0.15, -0.1) is 0 Å². The number of nitrogens with zero attached hydrogens (tertiary/aromatic N) is 3. The third kappa shape index (κ3) is 3.34. The molecule has 122 valence electrons. The van der Waals surface area contributed by atoms with Crippen LogP contribution in [0.15, 0.2) is 35.4 Å². The lowest BCUT2D eigenvalue weighted by molar-refractivity contribution is -0.120. The van der Waals surface area contributed by atoms with Gasteiger partial charge < -0.3 is 10.4 Å². The van der Waals surface area contributed by atoms with Gasteiger partial charge in [0.2, 0.25) is 5.91 Å². The van der Waals surface area contributed by atoms with Crippen LogP contribution < -0.4 is 11.0 Å². The molecule has 1 fully saturated rings. The minimum Gasteiger partial charge on any atom is -0.389 e. The number of hydrogen-bond donors (Lipinski definition) is 2. The molecule has 2 aromatic rings. The number of aryl methyl sites for hydroxylation is 1. The van der Waals surface area contributed by atoms with Crippen molar-refractivity contribution in [2.75, 3.05) is 5.32 Å². The summed E-state index contributed by atoms with van der Waals surface area (Å²) in [5.74, 6) is -0.197. The normalized spacial score (nSPS) is 16.4. The summed E-state index contributed by atoms with van der Waals surface area (Å²) >= 11 is 0. The van der Waals surface area contributed by atoms with Gasteiger partial charge in [-0.3, -0.25) is 9.36 Å². The second kappa shape index (κ2) is 6.00. The molecule has 1 saturated carbocycles. The number of carbonyl (C=O) groups is 1. The van der Waals surface area contributed by atoms with Crippen LogP contribution in [-0.4, -0.2) is 31.0 Å². The Kier molecular flexibility index (Phi) is 4.04. The summed E-state index contributed by atoms with van der Waals surface area (Å²) in [6.07, 6.45) is 4.87. The van der Waals surface area contributed by atoms with E-state index in [0.29, 0.717) is 24.2 Å². The second-order valence-corrected chi connectivity index (χ2v) is 6.14. The van der Waals surface area contributed by atoms with Gasteiger partial charge in [0.1, 0.15) is 6.33 Å². The molecule has 0 unspecified atom stereocenters. The monoisotopic (exact) mass is 316 g/mol. The van der Waals surface area contributed by atoms with Gasteiger partial charge in [-0.05, 0) is 37.1 Å². The number of aromatic nitrogens is 3. The second-order valence-electron chi connectivity index (χ2n) is 6.14. The molecule has 3 rings (SSSR count). The number of hydrogen-bond acceptors (Lipinski definition) is 4. The van der Waals surface area contributed by atoms with E-state index in [2.05, 4.69) is 10.4 Å². The van der Waals surface area contributed by atoms with Gasteiger partial charge in [-0.25, -0.2) is 4.79 Å². The molecule has 0 spiro atoms. The molecule has 23 heavy (non-hydrogen) atoms. The third-order valence-corrected chi connectivity index (χ3v) is 4.24. The largest absolute Gasteiger partial charge is 0.389 e. The first kappa shape index (κ1) is 15.5. The summed E-state index contributed by atoms with van der Waals surface area (Å²) < 4.78 is 2.67. The Morgan fingerprint density at radius 2 is 1.96 bits per heavy atom. The predicted molar refractivity (Wildman–Crippen MR) is 85.5 cm³/mol. The van der Waals surface area contributed by atoms with E-state index >= 15 is 0 Å². The van der Waals surface area contributed by atoms with Crippen molar-refractivity contribution in [2.24, 2.45) is 7.05 Å². The van der Waals surface area contributed by atoms with Crippen molar-refractivity contribution in [3.8, 4) is 5.69 Å². The minimum absolute atomic E-state index is 0.119. The van der Waals surface area contributed by atoms with Crippen LogP contribution in [0.3, 0.4) is 0 Å². The fourth-order valence-electron chi connectivity index (χ4n) is 2.95. The van der Waals surface area contributed by atoms with Gasteiger partial charge in [-0.2, -0.15) is 9.78 Å². The maximum absolute atomic E-state index is 12.0. The van der Waals surface area contributed by atoms with Gasteiger partial charge in [0.05, 0.1) is 17.7 Å². The molecule has 1 aromatic carbocycles. The SMILES string of the molecule is Cn1cnn(-c2ccc(NC(=O)CC3(O)CCCC3)cc2)c1=O. The quantitative estimate of drug-likeness (QED) is 0.887. The highest BCUT2D eigenvalue weighted by atomic mass is 16.3. The average Bonchev–Trinajstić information content (AvgIpc) is 3.07. The number of carbonyl (C=O) groups excluding carboxylic acids is 1. The first-order valence-electron chi connectivity index (χ1n) is 7.70. The predicted octanol–water partition coefficient (Wildman–Crippen LogP) is 1.20. The Morgan fingerprint density at radius 1 is 1.30 bits per heavy atom. The first-order chi connectivity index (χ1) is 11.0. The van der Waals surface area contributed by atoms with Crippen LogP contribution in [0.4, 0.5) is 5.69 Å². The molecule has 1 amide bonds. The highest BCUT2D eigenvalue weighted by Crippen LogP contribution is 2.32. The molecule has 0 aliphatic heterocycles. The zero-order valence-corrected chi connectivity index (χ0v) is 13.0. The highest BCUT2D eigenvalue weighted by Gasteiger charge is 2.33. The Hall–Kier alpha value is -2.41. The van der Waals surface area contributed by atoms with E-state index in [4.69, 9.17) is 0 Å². The Balaban J connectivity index is 1.67. The molecular formula is C16H20N4O3. The van der Waals surface area contributed by atoms with Crippen molar-refractivity contribution in [1.82, 2.24) is 14.3 Å². The van der Waals surface area contributed by atoms with Crippen molar-refractivity contribution < 1.29 is 9.90 Å². The summed E-state index contributed by atoms with van der Waals surface area (Å²) in [5.41, 5.74) is 0.170. The zero-order chi connectivity index (χ0) is 16.4. The van der Waals surface area contributed by atoms with Crippen molar-refractivity contribution >= 4 is 11.6 Å². The molecule has 1 aromatic heterocycles. The van der Waals surface area contributed by atoms with Crippen LogP contribution >= 0.6 is 0 Å². The van der Waals surface area contributed by atoms with Crippen LogP contribution in [0.25, 0.3) is 5.69 Å². The maximum Gasteiger partial charge on any atom is 0.350 e. The first-order valence-corrected chi connectivity index (χ1v) is 7.70. The van der Waals surface area contributed by atoms with Gasteiger partial charge in [0.15, 0.2) is 0 Å². The fourth-order valence-corrected chi connectivity index (χ4v) is 2.95. The third-order valence-electron chi connectivity index (χ3n) is 4.24. The number of nitrogens with one attached hydrogen (secondary N) is 1. The molecule has 7 heteroatoms. The lowest BCUT2D eigenvalue weighted by atomic mass is 9.97. The molecule has 0 bridgehead atoms. The molecule has 0 saturated heterocycles. The van der Waals surface area contributed by atoms with E-state index in [1.165, 1.54) is 15.6 Å². The minimum atomic E-state index is -0.856. The van der Waals surface area contributed by atoms with E-state index in [-0.39, 0.29) is 18.0 Å². The van der Waals surface area contributed by atoms with Crippen molar-refractivity contribution in [2.45, 2.75) is 37.7 Å². The Morgan fingerprint density at radius 3 is 2.52 bits per heavy atom. The summed E-state index contributed by atoms with van der Waals surface area (Å²) in [5, 5.41) is 17.0. The van der Waals surface area contributed by atoms with Crippen LogP contribution in [0, 0.1) is 0 Å². The molecular weight excluding hydrogens is 296 g/mol. The van der Waals surface area contributed by atoms with Gasteiger partial charge >= 0.3 is 5.69 Å². The summed E-state index contributed by atoms with van der Waals surface area (Å²) in [6, 6.07) is 6.86. The van der Waals surface area contributed by atoms with Crippen LogP contribution in [0.2, 0.25) is 0 Å². The van der Waals surface area contributed by atoms with Crippen molar-refractivity contribution in [3.63, 3.8) is 0 Å². The van der Waals surface area contributed by atoms with E-state index in [9.17, 15) is 14.7 Å². The topological polar surface area (TPSA) is 89.2 Å². The fraction of sp³-hybridized carbons (Fsp3) is 0.438. The molecule has 0 atom stereocenters. The van der Waals surface area contributed by atoms with E-state index in [0.717, 1.165) is 12.8 Å². The number of benzene rings is 1. The Bertz CT molecular complexity index is 754. The van der Waals surface area contributed by atoms with Gasteiger partial charge in [0, 0.05) is 12.7 Å². The van der Waals surface area contributed by atoms with Crippen molar-refractivity contribution in [3.05, 3.63) is 41.1 Å². The number of amides is 1. The lowest BCUT2D eigenvalue weighted by Gasteiger charge is -2.21. The van der Waals surface area contributed by atoms with Crippen LogP contribution in [0.1, 0.15) is 32.1 Å². The molecule has 0 radical (unpaired) electrons. The molecule has 1 aliphatic rings. The average molecular weight is 316 g/mol. The Labute approximate surface area is 133 Å². The van der Waals surface area contributed by atoms with Crippen LogP contribution in [0.5, 0.6) is 0 Å². The standard InChI is InChI=1S/C16H20N4O3/c1-19-11-17-20(15(19)22)13-6-4-12(5-7-13)18-14(21)10-16(23)8-2-3-9-16/h4-7,11,23H,2-3,8-10H2,1H3,(H,18,21). The van der Waals surface area contributed by atoms with Crippen molar-refractivity contribution in [1.29, 1.82) is 0 Å². The molecule has 1 aliphatic carbocycles. The smallest absolute Gasteiger partial charge is 0.350 e. The zero-order valence-electron chi connectivity index (χ0n) is 13.0. The summed E-state index contributed by atoms with van der Waals surface area (Å²) in [4.78, 5) is 23.9. The maximum atomic E-state index is 12.0. The van der Waals surface area contributed by atoms with E-state index < -0.39 is 5.60 Å².